The first-order chi connectivity index (χ1) is 14.0. The summed E-state index contributed by atoms with van der Waals surface area (Å²) in [5.41, 5.74) is 3.15. The van der Waals surface area contributed by atoms with Crippen LogP contribution in [-0.4, -0.2) is 28.7 Å². The average molecular weight is 397 g/mol. The second-order valence-corrected chi connectivity index (χ2v) is 7.35. The molecule has 1 aliphatic heterocycles. The number of amides is 1. The first kappa shape index (κ1) is 20.9. The summed E-state index contributed by atoms with van der Waals surface area (Å²) in [5, 5.41) is 18.3. The summed E-state index contributed by atoms with van der Waals surface area (Å²) in [7, 11) is 0. The van der Waals surface area contributed by atoms with Crippen LogP contribution < -0.4 is 9.64 Å². The van der Waals surface area contributed by atoms with Crippen LogP contribution in [-0.2, 0) is 11.3 Å². The highest BCUT2D eigenvalue weighted by molar-refractivity contribution is 6.10. The van der Waals surface area contributed by atoms with Gasteiger partial charge in [-0.1, -0.05) is 31.0 Å². The van der Waals surface area contributed by atoms with Crippen LogP contribution in [0.5, 0.6) is 5.75 Å². The molecule has 0 aliphatic carbocycles. The summed E-state index contributed by atoms with van der Waals surface area (Å²) in [6, 6.07) is 12.9. The minimum Gasteiger partial charge on any atom is -0.493 e. The smallest absolute Gasteiger partial charge is 0.303 e. The van der Waals surface area contributed by atoms with Crippen LogP contribution in [0.15, 0.2) is 42.5 Å². The zero-order chi connectivity index (χ0) is 20.8. The van der Waals surface area contributed by atoms with E-state index in [2.05, 4.69) is 0 Å². The molecule has 1 atom stereocenters. The van der Waals surface area contributed by atoms with E-state index in [1.807, 2.05) is 42.5 Å². The Morgan fingerprint density at radius 3 is 2.52 bits per heavy atom. The fourth-order valence-electron chi connectivity index (χ4n) is 3.49. The number of anilines is 1. The Morgan fingerprint density at radius 2 is 1.83 bits per heavy atom. The van der Waals surface area contributed by atoms with Gasteiger partial charge in [0.05, 0.1) is 19.3 Å². The van der Waals surface area contributed by atoms with Crippen molar-refractivity contribution in [2.75, 3.05) is 11.5 Å². The number of aliphatic hydroxyl groups excluding tert-OH is 1. The van der Waals surface area contributed by atoms with Crippen LogP contribution in [0.25, 0.3) is 0 Å². The van der Waals surface area contributed by atoms with Crippen molar-refractivity contribution >= 4 is 17.6 Å². The van der Waals surface area contributed by atoms with Crippen LogP contribution in [0.3, 0.4) is 0 Å². The van der Waals surface area contributed by atoms with Crippen molar-refractivity contribution in [3.63, 3.8) is 0 Å². The molecule has 1 amide bonds. The number of hydrogen-bond donors (Lipinski definition) is 2. The number of ether oxygens (including phenoxy) is 1. The number of nitrogens with zero attached hydrogens (tertiary/aromatic N) is 1. The molecular weight excluding hydrogens is 370 g/mol. The predicted octanol–water partition coefficient (Wildman–Crippen LogP) is 4.31. The van der Waals surface area contributed by atoms with Gasteiger partial charge in [0.1, 0.15) is 5.75 Å². The summed E-state index contributed by atoms with van der Waals surface area (Å²) in [5.74, 6) is -0.0794. The molecule has 0 bridgehead atoms. The average Bonchev–Trinajstić information content (AvgIpc) is 3.04. The van der Waals surface area contributed by atoms with Gasteiger partial charge in [0, 0.05) is 23.2 Å². The number of aliphatic hydroxyl groups is 1. The summed E-state index contributed by atoms with van der Waals surface area (Å²) in [4.78, 5) is 25.1. The van der Waals surface area contributed by atoms with Crippen LogP contribution in [0.1, 0.15) is 66.6 Å². The molecule has 1 unspecified atom stereocenters. The molecule has 1 aliphatic rings. The second-order valence-electron chi connectivity index (χ2n) is 7.35. The Hall–Kier alpha value is -2.86. The number of unbranched alkanes of at least 4 members (excludes halogenated alkanes) is 3. The third-order valence-corrected chi connectivity index (χ3v) is 5.15. The first-order valence-electron chi connectivity index (χ1n) is 10.0. The number of benzene rings is 2. The predicted molar refractivity (Wildman–Crippen MR) is 110 cm³/mol. The van der Waals surface area contributed by atoms with Gasteiger partial charge in [0.2, 0.25) is 0 Å². The van der Waals surface area contributed by atoms with Crippen LogP contribution in [0.4, 0.5) is 5.69 Å². The third-order valence-electron chi connectivity index (χ3n) is 5.15. The molecule has 2 aromatic carbocycles. The number of fused-ring (bicyclic) bond motifs is 1. The minimum absolute atomic E-state index is 0.0519. The summed E-state index contributed by atoms with van der Waals surface area (Å²) in [6.45, 7) is 2.71. The molecule has 0 saturated carbocycles. The van der Waals surface area contributed by atoms with Gasteiger partial charge in [-0.15, -0.1) is 0 Å². The summed E-state index contributed by atoms with van der Waals surface area (Å²) < 4.78 is 5.93. The SMILES string of the molecule is CC(O)c1ccc(N2Cc3c(OCCCCCCC(=O)O)cccc3C2=O)cc1. The molecule has 2 aromatic rings. The number of carboxylic acid groups (broad SMARTS) is 1. The van der Waals surface area contributed by atoms with Gasteiger partial charge in [-0.05, 0) is 49.6 Å². The fraction of sp³-hybridized carbons (Fsp3) is 0.391. The largest absolute Gasteiger partial charge is 0.493 e. The van der Waals surface area contributed by atoms with Crippen LogP contribution in [0.2, 0.25) is 0 Å². The van der Waals surface area contributed by atoms with E-state index < -0.39 is 12.1 Å². The highest BCUT2D eigenvalue weighted by atomic mass is 16.5. The van der Waals surface area contributed by atoms with Crippen molar-refractivity contribution in [1.29, 1.82) is 0 Å². The van der Waals surface area contributed by atoms with Gasteiger partial charge in [0.25, 0.3) is 5.91 Å². The van der Waals surface area contributed by atoms with E-state index in [1.54, 1.807) is 11.8 Å². The topological polar surface area (TPSA) is 87.1 Å². The van der Waals surface area contributed by atoms with Gasteiger partial charge in [0.15, 0.2) is 0 Å². The lowest BCUT2D eigenvalue weighted by Crippen LogP contribution is -2.22. The number of carboxylic acids is 1. The highest BCUT2D eigenvalue weighted by Crippen LogP contribution is 2.34. The van der Waals surface area contributed by atoms with Gasteiger partial charge < -0.3 is 19.8 Å². The molecule has 3 rings (SSSR count). The standard InChI is InChI=1S/C23H27NO5/c1-16(25)17-10-12-18(13-11-17)24-15-20-19(23(24)28)7-6-8-21(20)29-14-5-3-2-4-9-22(26)27/h6-8,10-13,16,25H,2-5,9,14-15H2,1H3,(H,26,27). The Kier molecular flexibility index (Phi) is 6.88. The molecule has 2 N–H and O–H groups in total. The van der Waals surface area contributed by atoms with Gasteiger partial charge >= 0.3 is 5.97 Å². The van der Waals surface area contributed by atoms with E-state index in [1.165, 1.54) is 0 Å². The second kappa shape index (κ2) is 9.56. The normalized spacial score (nSPS) is 14.0. The molecule has 0 spiro atoms. The molecule has 0 aromatic heterocycles. The van der Waals surface area contributed by atoms with E-state index in [0.717, 1.165) is 41.8 Å². The Balaban J connectivity index is 1.59. The summed E-state index contributed by atoms with van der Waals surface area (Å²) >= 11 is 0. The van der Waals surface area contributed by atoms with Gasteiger partial charge in [-0.3, -0.25) is 9.59 Å². The number of carbonyl (C=O) groups is 2. The fourth-order valence-corrected chi connectivity index (χ4v) is 3.49. The molecule has 154 valence electrons. The van der Waals surface area contributed by atoms with Crippen molar-refractivity contribution in [1.82, 2.24) is 0 Å². The van der Waals surface area contributed by atoms with E-state index in [9.17, 15) is 14.7 Å². The molecule has 0 saturated heterocycles. The zero-order valence-corrected chi connectivity index (χ0v) is 16.6. The highest BCUT2D eigenvalue weighted by Gasteiger charge is 2.31. The quantitative estimate of drug-likeness (QED) is 0.583. The van der Waals surface area contributed by atoms with E-state index >= 15 is 0 Å². The molecule has 29 heavy (non-hydrogen) atoms. The lowest BCUT2D eigenvalue weighted by Gasteiger charge is -2.17. The van der Waals surface area contributed by atoms with E-state index in [0.29, 0.717) is 25.1 Å². The summed E-state index contributed by atoms with van der Waals surface area (Å²) in [6.07, 6.45) is 3.00. The van der Waals surface area contributed by atoms with Gasteiger partial charge in [-0.25, -0.2) is 0 Å². The van der Waals surface area contributed by atoms with Crippen molar-refractivity contribution in [2.45, 2.75) is 51.7 Å². The molecular formula is C23H27NO5. The number of rotatable bonds is 10. The third kappa shape index (κ3) is 5.15. The Labute approximate surface area is 170 Å². The van der Waals surface area contributed by atoms with E-state index in [4.69, 9.17) is 9.84 Å². The maximum atomic E-state index is 12.8. The monoisotopic (exact) mass is 397 g/mol. The van der Waals surface area contributed by atoms with Crippen LogP contribution >= 0.6 is 0 Å². The maximum Gasteiger partial charge on any atom is 0.303 e. The first-order valence-corrected chi connectivity index (χ1v) is 10.0. The van der Waals surface area contributed by atoms with Crippen molar-refractivity contribution in [2.24, 2.45) is 0 Å². The molecule has 0 fully saturated rings. The number of aliphatic carboxylic acids is 1. The zero-order valence-electron chi connectivity index (χ0n) is 16.6. The number of carbonyl (C=O) groups excluding carboxylic acids is 1. The van der Waals surface area contributed by atoms with Crippen LogP contribution in [0, 0.1) is 0 Å². The Bertz CT molecular complexity index is 860. The van der Waals surface area contributed by atoms with Gasteiger partial charge in [-0.2, -0.15) is 0 Å². The Morgan fingerprint density at radius 1 is 1.10 bits per heavy atom. The van der Waals surface area contributed by atoms with E-state index in [-0.39, 0.29) is 12.3 Å². The lowest BCUT2D eigenvalue weighted by molar-refractivity contribution is -0.137. The maximum absolute atomic E-state index is 12.8. The van der Waals surface area contributed by atoms with Crippen molar-refractivity contribution in [3.05, 3.63) is 59.2 Å². The lowest BCUT2D eigenvalue weighted by atomic mass is 10.1. The van der Waals surface area contributed by atoms with Crippen molar-refractivity contribution in [3.8, 4) is 5.75 Å². The molecule has 6 heteroatoms. The molecule has 0 radical (unpaired) electrons. The number of hydrogen-bond acceptors (Lipinski definition) is 4. The van der Waals surface area contributed by atoms with Crippen molar-refractivity contribution < 1.29 is 24.5 Å². The molecule has 1 heterocycles. The minimum atomic E-state index is -0.754. The molecule has 6 nitrogen and oxygen atoms in total.